The lowest BCUT2D eigenvalue weighted by Gasteiger charge is -2.22. The number of rotatable bonds is 8. The van der Waals surface area contributed by atoms with Crippen LogP contribution in [0.2, 0.25) is 0 Å². The average Bonchev–Trinajstić information content (AvgIpc) is 3.22. The third kappa shape index (κ3) is 5.37. The average molecular weight is 379 g/mol. The molecular weight excluding hydrogens is 354 g/mol. The van der Waals surface area contributed by atoms with Crippen molar-refractivity contribution in [1.82, 2.24) is 10.2 Å². The van der Waals surface area contributed by atoms with Gasteiger partial charge >= 0.3 is 6.03 Å². The summed E-state index contributed by atoms with van der Waals surface area (Å²) in [5.74, 6) is 1.59. The van der Waals surface area contributed by atoms with E-state index >= 15 is 0 Å². The molecule has 1 aromatic heterocycles. The zero-order valence-corrected chi connectivity index (χ0v) is 16.1. The number of furan rings is 1. The van der Waals surface area contributed by atoms with Gasteiger partial charge in [-0.3, -0.25) is 4.90 Å². The van der Waals surface area contributed by atoms with Crippen LogP contribution >= 0.6 is 0 Å². The van der Waals surface area contributed by atoms with Crippen LogP contribution < -0.4 is 15.4 Å². The number of benzene rings is 2. The van der Waals surface area contributed by atoms with Gasteiger partial charge in [0.25, 0.3) is 0 Å². The second-order valence-electron chi connectivity index (χ2n) is 6.59. The maximum Gasteiger partial charge on any atom is 0.319 e. The number of nitrogens with one attached hydrogen (secondary N) is 2. The van der Waals surface area contributed by atoms with Crippen molar-refractivity contribution in [2.45, 2.75) is 12.6 Å². The summed E-state index contributed by atoms with van der Waals surface area (Å²) < 4.78 is 11.3. The van der Waals surface area contributed by atoms with Gasteiger partial charge in [0.2, 0.25) is 0 Å². The largest absolute Gasteiger partial charge is 0.489 e. The van der Waals surface area contributed by atoms with Gasteiger partial charge in [-0.05, 0) is 44.4 Å². The van der Waals surface area contributed by atoms with Gasteiger partial charge in [0, 0.05) is 17.8 Å². The molecule has 0 bridgehead atoms. The molecule has 28 heavy (non-hydrogen) atoms. The van der Waals surface area contributed by atoms with E-state index in [1.165, 1.54) is 0 Å². The van der Waals surface area contributed by atoms with Crippen LogP contribution in [0.4, 0.5) is 10.5 Å². The van der Waals surface area contributed by atoms with E-state index in [1.54, 1.807) is 6.26 Å². The fraction of sp³-hybridized carbons (Fsp3) is 0.227. The van der Waals surface area contributed by atoms with Crippen molar-refractivity contribution in [3.63, 3.8) is 0 Å². The molecular formula is C22H25N3O3. The Balaban J connectivity index is 1.58. The number of hydrogen-bond donors (Lipinski definition) is 2. The van der Waals surface area contributed by atoms with Gasteiger partial charge in [0.05, 0.1) is 12.3 Å². The summed E-state index contributed by atoms with van der Waals surface area (Å²) in [5, 5.41) is 5.82. The standard InChI is InChI=1S/C22H25N3O3/c1-25(2)20(21-13-8-14-27-21)15-23-22(26)24-19-12-7-6-9-17(19)16-28-18-10-4-3-5-11-18/h3-14,20H,15-16H2,1-2H3,(H2,23,24,26). The normalized spacial score (nSPS) is 11.8. The molecule has 2 aromatic carbocycles. The summed E-state index contributed by atoms with van der Waals surface area (Å²) >= 11 is 0. The van der Waals surface area contributed by atoms with Gasteiger partial charge in [-0.25, -0.2) is 4.79 Å². The molecule has 0 radical (unpaired) electrons. The van der Waals surface area contributed by atoms with Crippen LogP contribution in [0.5, 0.6) is 5.75 Å². The fourth-order valence-electron chi connectivity index (χ4n) is 2.82. The van der Waals surface area contributed by atoms with Crippen molar-refractivity contribution in [3.8, 4) is 5.75 Å². The molecule has 146 valence electrons. The Kier molecular flexibility index (Phi) is 6.70. The number of carbonyl (C=O) groups excluding carboxylic acids is 1. The topological polar surface area (TPSA) is 66.7 Å². The number of urea groups is 1. The molecule has 2 N–H and O–H groups in total. The minimum atomic E-state index is -0.273. The lowest BCUT2D eigenvalue weighted by molar-refractivity contribution is 0.233. The second-order valence-corrected chi connectivity index (χ2v) is 6.59. The lowest BCUT2D eigenvalue weighted by Crippen LogP contribution is -2.36. The number of nitrogens with zero attached hydrogens (tertiary/aromatic N) is 1. The van der Waals surface area contributed by atoms with E-state index in [1.807, 2.05) is 85.7 Å². The zero-order chi connectivity index (χ0) is 19.8. The molecule has 1 atom stereocenters. The monoisotopic (exact) mass is 379 g/mol. The molecule has 3 aromatic rings. The molecule has 1 heterocycles. The molecule has 1 unspecified atom stereocenters. The van der Waals surface area contributed by atoms with Gasteiger partial charge in [-0.1, -0.05) is 36.4 Å². The number of likely N-dealkylation sites (N-methyl/N-ethyl adjacent to an activating group) is 1. The molecule has 2 amide bonds. The molecule has 3 rings (SSSR count). The van der Waals surface area contributed by atoms with E-state index in [-0.39, 0.29) is 12.1 Å². The van der Waals surface area contributed by atoms with Crippen molar-refractivity contribution in [2.75, 3.05) is 26.0 Å². The summed E-state index contributed by atoms with van der Waals surface area (Å²) in [4.78, 5) is 14.4. The van der Waals surface area contributed by atoms with E-state index in [4.69, 9.17) is 9.15 Å². The molecule has 0 aliphatic carbocycles. The quantitative estimate of drug-likeness (QED) is 0.613. The molecule has 0 fully saturated rings. The molecule has 6 heteroatoms. The van der Waals surface area contributed by atoms with Crippen LogP contribution in [-0.4, -0.2) is 31.6 Å². The third-order valence-corrected chi connectivity index (χ3v) is 4.35. The first-order chi connectivity index (χ1) is 13.6. The van der Waals surface area contributed by atoms with Gasteiger partial charge in [0.1, 0.15) is 18.1 Å². The molecule has 6 nitrogen and oxygen atoms in total. The maximum atomic E-state index is 12.4. The summed E-state index contributed by atoms with van der Waals surface area (Å²) in [7, 11) is 3.89. The number of hydrogen-bond acceptors (Lipinski definition) is 4. The fourth-order valence-corrected chi connectivity index (χ4v) is 2.82. The molecule has 0 saturated carbocycles. The molecule has 0 aliphatic rings. The highest BCUT2D eigenvalue weighted by molar-refractivity contribution is 5.90. The summed E-state index contributed by atoms with van der Waals surface area (Å²) in [6, 6.07) is 20.6. The van der Waals surface area contributed by atoms with E-state index < -0.39 is 0 Å². The maximum absolute atomic E-state index is 12.4. The van der Waals surface area contributed by atoms with Gasteiger partial charge in [0.15, 0.2) is 0 Å². The first-order valence-electron chi connectivity index (χ1n) is 9.14. The third-order valence-electron chi connectivity index (χ3n) is 4.35. The number of para-hydroxylation sites is 2. The number of amides is 2. The van der Waals surface area contributed by atoms with Crippen LogP contribution in [0.1, 0.15) is 17.4 Å². The Morgan fingerprint density at radius 1 is 1.04 bits per heavy atom. The Bertz CT molecular complexity index is 864. The van der Waals surface area contributed by atoms with E-state index in [0.29, 0.717) is 13.2 Å². The zero-order valence-electron chi connectivity index (χ0n) is 16.1. The summed E-state index contributed by atoms with van der Waals surface area (Å²) in [6.45, 7) is 0.794. The van der Waals surface area contributed by atoms with E-state index in [9.17, 15) is 4.79 Å². The number of anilines is 1. The van der Waals surface area contributed by atoms with E-state index in [0.717, 1.165) is 22.8 Å². The number of ether oxygens (including phenoxy) is 1. The van der Waals surface area contributed by atoms with Crippen LogP contribution in [-0.2, 0) is 6.61 Å². The van der Waals surface area contributed by atoms with Crippen molar-refractivity contribution in [3.05, 3.63) is 84.3 Å². The SMILES string of the molecule is CN(C)C(CNC(=O)Nc1ccccc1COc1ccccc1)c1ccco1. The van der Waals surface area contributed by atoms with Gasteiger partial charge in [-0.15, -0.1) is 0 Å². The summed E-state index contributed by atoms with van der Waals surface area (Å²) in [5.41, 5.74) is 1.62. The molecule has 0 saturated heterocycles. The minimum absolute atomic E-state index is 0.0441. The van der Waals surface area contributed by atoms with Crippen LogP contribution in [0, 0.1) is 0 Å². The first-order valence-corrected chi connectivity index (χ1v) is 9.14. The molecule has 0 aliphatic heterocycles. The Morgan fingerprint density at radius 2 is 1.79 bits per heavy atom. The van der Waals surface area contributed by atoms with Gasteiger partial charge < -0.3 is 19.8 Å². The highest BCUT2D eigenvalue weighted by Gasteiger charge is 2.18. The van der Waals surface area contributed by atoms with Crippen LogP contribution in [0.25, 0.3) is 0 Å². The highest BCUT2D eigenvalue weighted by atomic mass is 16.5. The van der Waals surface area contributed by atoms with Gasteiger partial charge in [-0.2, -0.15) is 0 Å². The second kappa shape index (κ2) is 9.62. The predicted molar refractivity (Wildman–Crippen MR) is 109 cm³/mol. The molecule has 0 spiro atoms. The highest BCUT2D eigenvalue weighted by Crippen LogP contribution is 2.20. The van der Waals surface area contributed by atoms with Crippen molar-refractivity contribution in [2.24, 2.45) is 0 Å². The first kappa shape index (κ1) is 19.5. The van der Waals surface area contributed by atoms with E-state index in [2.05, 4.69) is 10.6 Å². The lowest BCUT2D eigenvalue weighted by atomic mass is 10.2. The van der Waals surface area contributed by atoms with Crippen molar-refractivity contribution >= 4 is 11.7 Å². The Morgan fingerprint density at radius 3 is 2.50 bits per heavy atom. The van der Waals surface area contributed by atoms with Crippen molar-refractivity contribution in [1.29, 1.82) is 0 Å². The minimum Gasteiger partial charge on any atom is -0.489 e. The predicted octanol–water partition coefficient (Wildman–Crippen LogP) is 4.28. The van der Waals surface area contributed by atoms with Crippen LogP contribution in [0.3, 0.4) is 0 Å². The number of carbonyl (C=O) groups is 1. The van der Waals surface area contributed by atoms with Crippen LogP contribution in [0.15, 0.2) is 77.4 Å². The Hall–Kier alpha value is -3.25. The summed E-state index contributed by atoms with van der Waals surface area (Å²) in [6.07, 6.45) is 1.63. The Labute approximate surface area is 165 Å². The smallest absolute Gasteiger partial charge is 0.319 e. The van der Waals surface area contributed by atoms with Crippen molar-refractivity contribution < 1.29 is 13.9 Å².